The van der Waals surface area contributed by atoms with Crippen LogP contribution in [-0.4, -0.2) is 20.0 Å². The molecule has 102 valence electrons. The van der Waals surface area contributed by atoms with E-state index in [4.69, 9.17) is 9.47 Å². The number of hydrogen-bond donors (Lipinski definition) is 0. The monoisotopic (exact) mass is 260 g/mol. The Bertz CT molecular complexity index is 485. The summed E-state index contributed by atoms with van der Waals surface area (Å²) < 4.78 is 10.4. The van der Waals surface area contributed by atoms with E-state index in [-0.39, 0.29) is 11.7 Å². The predicted molar refractivity (Wildman–Crippen MR) is 74.1 cm³/mol. The van der Waals surface area contributed by atoms with Crippen molar-refractivity contribution in [2.45, 2.75) is 26.2 Å². The number of carbonyl (C=O) groups is 1. The quantitative estimate of drug-likeness (QED) is 0.834. The maximum Gasteiger partial charge on any atom is 0.165 e. The van der Waals surface area contributed by atoms with E-state index in [2.05, 4.69) is 0 Å². The van der Waals surface area contributed by atoms with Gasteiger partial charge in [0.1, 0.15) is 11.5 Å². The first-order valence-corrected chi connectivity index (χ1v) is 6.56. The smallest absolute Gasteiger partial charge is 0.165 e. The maximum absolute atomic E-state index is 12.3. The third kappa shape index (κ3) is 2.98. The van der Waals surface area contributed by atoms with Crippen LogP contribution in [0.2, 0.25) is 0 Å². The average molecular weight is 260 g/mol. The molecule has 0 aromatic heterocycles. The lowest BCUT2D eigenvalue weighted by Gasteiger charge is -2.23. The Morgan fingerprint density at radius 3 is 2.42 bits per heavy atom. The second kappa shape index (κ2) is 5.91. The van der Waals surface area contributed by atoms with Gasteiger partial charge in [-0.05, 0) is 37.5 Å². The normalized spacial score (nSPS) is 19.5. The molecule has 0 amide bonds. The Morgan fingerprint density at radius 1 is 1.16 bits per heavy atom. The van der Waals surface area contributed by atoms with Gasteiger partial charge in [-0.25, -0.2) is 0 Å². The van der Waals surface area contributed by atoms with Crippen LogP contribution in [0.3, 0.4) is 0 Å². The molecular weight excluding hydrogens is 240 g/mol. The second-order valence-corrected chi connectivity index (χ2v) is 4.90. The van der Waals surface area contributed by atoms with E-state index in [1.54, 1.807) is 14.2 Å². The summed E-state index contributed by atoms with van der Waals surface area (Å²) in [6, 6.07) is 7.92. The van der Waals surface area contributed by atoms with E-state index in [1.807, 2.05) is 31.2 Å². The summed E-state index contributed by atoms with van der Waals surface area (Å²) >= 11 is 0. The molecule has 0 aliphatic heterocycles. The summed E-state index contributed by atoms with van der Waals surface area (Å²) in [4.78, 5) is 12.3. The minimum Gasteiger partial charge on any atom is -0.501 e. The lowest BCUT2D eigenvalue weighted by molar-refractivity contribution is -0.120. The first-order valence-electron chi connectivity index (χ1n) is 6.56. The fourth-order valence-electron chi connectivity index (χ4n) is 2.56. The Kier molecular flexibility index (Phi) is 4.25. The van der Waals surface area contributed by atoms with Crippen LogP contribution in [0.15, 0.2) is 35.6 Å². The zero-order valence-electron chi connectivity index (χ0n) is 11.7. The van der Waals surface area contributed by atoms with Crippen LogP contribution in [0.5, 0.6) is 5.75 Å². The molecule has 1 aromatic carbocycles. The van der Waals surface area contributed by atoms with E-state index in [1.165, 1.54) is 5.56 Å². The minimum absolute atomic E-state index is 0.0762. The van der Waals surface area contributed by atoms with Crippen LogP contribution >= 0.6 is 0 Å². The van der Waals surface area contributed by atoms with Gasteiger partial charge in [0.15, 0.2) is 5.78 Å². The summed E-state index contributed by atoms with van der Waals surface area (Å²) in [5.41, 5.74) is 1.96. The Morgan fingerprint density at radius 2 is 1.84 bits per heavy atom. The summed E-state index contributed by atoms with van der Waals surface area (Å²) in [5.74, 6) is 1.98. The van der Waals surface area contributed by atoms with Crippen molar-refractivity contribution in [3.05, 3.63) is 41.2 Å². The van der Waals surface area contributed by atoms with Crippen molar-refractivity contribution >= 4 is 5.78 Å². The molecule has 0 bridgehead atoms. The Balaban J connectivity index is 2.08. The molecule has 0 fully saturated rings. The lowest BCUT2D eigenvalue weighted by atomic mass is 9.83. The molecule has 0 saturated heterocycles. The minimum atomic E-state index is 0.0762. The van der Waals surface area contributed by atoms with Gasteiger partial charge in [0.05, 0.1) is 14.2 Å². The van der Waals surface area contributed by atoms with Gasteiger partial charge in [-0.1, -0.05) is 12.1 Å². The van der Waals surface area contributed by atoms with Crippen LogP contribution in [0.25, 0.3) is 0 Å². The van der Waals surface area contributed by atoms with Crippen molar-refractivity contribution in [3.8, 4) is 5.75 Å². The van der Waals surface area contributed by atoms with Crippen molar-refractivity contribution in [2.24, 2.45) is 5.92 Å². The summed E-state index contributed by atoms with van der Waals surface area (Å²) in [6.45, 7) is 1.86. The van der Waals surface area contributed by atoms with Crippen LogP contribution in [0.4, 0.5) is 0 Å². The maximum atomic E-state index is 12.3. The fraction of sp³-hybridized carbons (Fsp3) is 0.438. The molecule has 0 spiro atoms. The molecule has 3 heteroatoms. The zero-order chi connectivity index (χ0) is 13.8. The Hall–Kier alpha value is -1.77. The Labute approximate surface area is 114 Å². The molecule has 1 aromatic rings. The highest BCUT2D eigenvalue weighted by Crippen LogP contribution is 2.29. The molecule has 2 rings (SSSR count). The molecule has 0 heterocycles. The van der Waals surface area contributed by atoms with Gasteiger partial charge in [-0.3, -0.25) is 4.79 Å². The standard InChI is InChI=1S/C16H20O3/c1-11-15(19-3)9-6-13(16(11)17)10-12-4-7-14(18-2)8-5-12/h4-5,7-8,13H,6,9-10H2,1-3H3. The van der Waals surface area contributed by atoms with Gasteiger partial charge in [0, 0.05) is 17.9 Å². The van der Waals surface area contributed by atoms with Crippen molar-refractivity contribution in [1.82, 2.24) is 0 Å². The highest BCUT2D eigenvalue weighted by Gasteiger charge is 2.27. The van der Waals surface area contributed by atoms with Crippen molar-refractivity contribution < 1.29 is 14.3 Å². The van der Waals surface area contributed by atoms with Crippen molar-refractivity contribution in [2.75, 3.05) is 14.2 Å². The first kappa shape index (κ1) is 13.7. The largest absolute Gasteiger partial charge is 0.501 e. The second-order valence-electron chi connectivity index (χ2n) is 4.90. The summed E-state index contributed by atoms with van der Waals surface area (Å²) in [6.07, 6.45) is 2.51. The number of rotatable bonds is 4. The van der Waals surface area contributed by atoms with Gasteiger partial charge in [-0.2, -0.15) is 0 Å². The number of hydrogen-bond acceptors (Lipinski definition) is 3. The summed E-state index contributed by atoms with van der Waals surface area (Å²) in [5, 5.41) is 0. The first-order chi connectivity index (χ1) is 9.15. The van der Waals surface area contributed by atoms with E-state index in [0.29, 0.717) is 0 Å². The molecular formula is C16H20O3. The van der Waals surface area contributed by atoms with Gasteiger partial charge in [-0.15, -0.1) is 0 Å². The number of Topliss-reactive ketones (excluding diaryl/α,β-unsaturated/α-hetero) is 1. The van der Waals surface area contributed by atoms with Gasteiger partial charge in [0.25, 0.3) is 0 Å². The number of benzene rings is 1. The van der Waals surface area contributed by atoms with E-state index in [9.17, 15) is 4.79 Å². The third-order valence-corrected chi connectivity index (χ3v) is 3.77. The predicted octanol–water partition coefficient (Wildman–Crippen LogP) is 3.14. The number of ketones is 1. The molecule has 0 saturated carbocycles. The average Bonchev–Trinajstić information content (AvgIpc) is 2.45. The zero-order valence-corrected chi connectivity index (χ0v) is 11.7. The van der Waals surface area contributed by atoms with Crippen LogP contribution < -0.4 is 4.74 Å². The topological polar surface area (TPSA) is 35.5 Å². The molecule has 19 heavy (non-hydrogen) atoms. The summed E-state index contributed by atoms with van der Waals surface area (Å²) in [7, 11) is 3.29. The third-order valence-electron chi connectivity index (χ3n) is 3.77. The number of carbonyl (C=O) groups excluding carboxylic acids is 1. The van der Waals surface area contributed by atoms with Crippen molar-refractivity contribution in [1.29, 1.82) is 0 Å². The van der Waals surface area contributed by atoms with Crippen LogP contribution in [0.1, 0.15) is 25.3 Å². The van der Waals surface area contributed by atoms with Crippen LogP contribution in [-0.2, 0) is 16.0 Å². The van der Waals surface area contributed by atoms with Crippen LogP contribution in [0, 0.1) is 5.92 Å². The lowest BCUT2D eigenvalue weighted by Crippen LogP contribution is -2.24. The molecule has 1 aliphatic carbocycles. The van der Waals surface area contributed by atoms with Crippen molar-refractivity contribution in [3.63, 3.8) is 0 Å². The number of ether oxygens (including phenoxy) is 2. The molecule has 1 aliphatic rings. The highest BCUT2D eigenvalue weighted by molar-refractivity contribution is 5.98. The van der Waals surface area contributed by atoms with Gasteiger partial charge in [0.2, 0.25) is 0 Å². The van der Waals surface area contributed by atoms with Gasteiger partial charge >= 0.3 is 0 Å². The molecule has 1 atom stereocenters. The SMILES string of the molecule is COC1=C(C)C(=O)C(Cc2ccc(OC)cc2)CC1. The highest BCUT2D eigenvalue weighted by atomic mass is 16.5. The van der Waals surface area contributed by atoms with Gasteiger partial charge < -0.3 is 9.47 Å². The molecule has 0 N–H and O–H groups in total. The molecule has 1 unspecified atom stereocenters. The molecule has 3 nitrogen and oxygen atoms in total. The van der Waals surface area contributed by atoms with E-state index in [0.717, 1.165) is 36.3 Å². The van der Waals surface area contributed by atoms with E-state index >= 15 is 0 Å². The van der Waals surface area contributed by atoms with E-state index < -0.39 is 0 Å². The fourth-order valence-corrected chi connectivity index (χ4v) is 2.56. The number of allylic oxidation sites excluding steroid dienone is 2. The molecule has 0 radical (unpaired) electrons. The number of methoxy groups -OCH3 is 2.